The fraction of sp³-hybridized carbons (Fsp3) is 0.160. The van der Waals surface area contributed by atoms with Crippen LogP contribution in [0.15, 0.2) is 85.1 Å². The van der Waals surface area contributed by atoms with Crippen molar-refractivity contribution in [2.24, 2.45) is 0 Å². The normalized spacial score (nSPS) is 11.9. The Labute approximate surface area is 170 Å². The van der Waals surface area contributed by atoms with E-state index in [2.05, 4.69) is 16.4 Å². The van der Waals surface area contributed by atoms with Crippen LogP contribution in [0.1, 0.15) is 29.0 Å². The van der Waals surface area contributed by atoms with Gasteiger partial charge in [-0.1, -0.05) is 66.7 Å². The molecule has 1 heterocycles. The summed E-state index contributed by atoms with van der Waals surface area (Å²) >= 11 is 0. The first-order chi connectivity index (χ1) is 14.3. The zero-order valence-corrected chi connectivity index (χ0v) is 16.4. The number of fused-ring (bicyclic) bond motifs is 1. The zero-order valence-electron chi connectivity index (χ0n) is 16.4. The number of amides is 1. The van der Waals surface area contributed by atoms with Crippen LogP contribution in [0.3, 0.4) is 0 Å². The minimum Gasteiger partial charge on any atom is -0.496 e. The predicted octanol–water partition coefficient (Wildman–Crippen LogP) is 5.01. The molecule has 1 amide bonds. The molecule has 1 aromatic heterocycles. The van der Waals surface area contributed by atoms with Crippen LogP contribution in [0, 0.1) is 0 Å². The molecule has 4 nitrogen and oxygen atoms in total. The van der Waals surface area contributed by atoms with Gasteiger partial charge in [0, 0.05) is 41.5 Å². The third kappa shape index (κ3) is 4.16. The van der Waals surface area contributed by atoms with Crippen LogP contribution < -0.4 is 10.1 Å². The fourth-order valence-corrected chi connectivity index (χ4v) is 3.78. The van der Waals surface area contributed by atoms with Gasteiger partial charge in [0.05, 0.1) is 7.11 Å². The summed E-state index contributed by atoms with van der Waals surface area (Å²) in [6.07, 6.45) is 2.35. The lowest BCUT2D eigenvalue weighted by molar-refractivity contribution is -0.121. The second-order valence-corrected chi connectivity index (χ2v) is 7.05. The van der Waals surface area contributed by atoms with Crippen molar-refractivity contribution in [3.05, 3.63) is 102 Å². The molecular weight excluding hydrogens is 360 g/mol. The molecule has 0 radical (unpaired) electrons. The summed E-state index contributed by atoms with van der Waals surface area (Å²) in [7, 11) is 1.67. The Kier molecular flexibility index (Phi) is 5.61. The monoisotopic (exact) mass is 384 g/mol. The number of para-hydroxylation sites is 2. The highest BCUT2D eigenvalue weighted by molar-refractivity contribution is 5.86. The number of aromatic amines is 1. The van der Waals surface area contributed by atoms with Gasteiger partial charge in [0.15, 0.2) is 0 Å². The molecule has 2 N–H and O–H groups in total. The Morgan fingerprint density at radius 3 is 2.48 bits per heavy atom. The van der Waals surface area contributed by atoms with Crippen molar-refractivity contribution in [3.63, 3.8) is 0 Å². The Bertz CT molecular complexity index is 1100. The third-order valence-corrected chi connectivity index (χ3v) is 5.23. The maximum Gasteiger partial charge on any atom is 0.221 e. The van der Waals surface area contributed by atoms with Gasteiger partial charge in [0.1, 0.15) is 5.75 Å². The maximum absolute atomic E-state index is 12.9. The molecule has 0 fully saturated rings. The Morgan fingerprint density at radius 1 is 0.931 bits per heavy atom. The number of nitrogens with one attached hydrogen (secondary N) is 2. The van der Waals surface area contributed by atoms with E-state index in [4.69, 9.17) is 4.74 Å². The summed E-state index contributed by atoms with van der Waals surface area (Å²) in [6.45, 7) is 0.520. The number of ether oxygens (including phenoxy) is 1. The summed E-state index contributed by atoms with van der Waals surface area (Å²) in [4.78, 5) is 16.2. The van der Waals surface area contributed by atoms with E-state index >= 15 is 0 Å². The molecule has 4 rings (SSSR count). The molecule has 3 aromatic carbocycles. The molecule has 0 aliphatic rings. The van der Waals surface area contributed by atoms with E-state index < -0.39 is 0 Å². The second-order valence-electron chi connectivity index (χ2n) is 7.05. The van der Waals surface area contributed by atoms with Gasteiger partial charge in [-0.2, -0.15) is 0 Å². The van der Waals surface area contributed by atoms with Crippen molar-refractivity contribution < 1.29 is 9.53 Å². The molecule has 146 valence electrons. The van der Waals surface area contributed by atoms with Gasteiger partial charge < -0.3 is 15.0 Å². The molecule has 0 saturated carbocycles. The third-order valence-electron chi connectivity index (χ3n) is 5.23. The van der Waals surface area contributed by atoms with Crippen LogP contribution >= 0.6 is 0 Å². The van der Waals surface area contributed by atoms with Gasteiger partial charge in [0.2, 0.25) is 5.91 Å². The lowest BCUT2D eigenvalue weighted by Gasteiger charge is -2.20. The first-order valence-corrected chi connectivity index (χ1v) is 9.76. The molecule has 0 bridgehead atoms. The number of hydrogen-bond donors (Lipinski definition) is 2. The van der Waals surface area contributed by atoms with E-state index in [-0.39, 0.29) is 11.8 Å². The van der Waals surface area contributed by atoms with Gasteiger partial charge in [0.25, 0.3) is 0 Å². The van der Waals surface area contributed by atoms with Crippen LogP contribution in [0.25, 0.3) is 10.9 Å². The molecule has 4 heteroatoms. The van der Waals surface area contributed by atoms with Crippen LogP contribution in [-0.4, -0.2) is 18.0 Å². The first kappa shape index (κ1) is 18.8. The molecule has 0 unspecified atom stereocenters. The summed E-state index contributed by atoms with van der Waals surface area (Å²) in [6, 6.07) is 26.0. The predicted molar refractivity (Wildman–Crippen MR) is 116 cm³/mol. The minimum atomic E-state index is -0.113. The topological polar surface area (TPSA) is 54.1 Å². The minimum absolute atomic E-state index is 0.00930. The largest absolute Gasteiger partial charge is 0.496 e. The van der Waals surface area contributed by atoms with E-state index in [1.165, 1.54) is 0 Å². The van der Waals surface area contributed by atoms with Crippen molar-refractivity contribution in [2.75, 3.05) is 7.11 Å². The van der Waals surface area contributed by atoms with Gasteiger partial charge in [-0.25, -0.2) is 0 Å². The van der Waals surface area contributed by atoms with Crippen LogP contribution in [0.2, 0.25) is 0 Å². The molecule has 0 aliphatic heterocycles. The highest BCUT2D eigenvalue weighted by Crippen LogP contribution is 2.37. The van der Waals surface area contributed by atoms with Crippen LogP contribution in [-0.2, 0) is 11.3 Å². The Hall–Kier alpha value is -3.53. The van der Waals surface area contributed by atoms with Gasteiger partial charge in [-0.15, -0.1) is 0 Å². The molecule has 4 aromatic rings. The summed E-state index contributed by atoms with van der Waals surface area (Å²) in [5.41, 5.74) is 4.25. The summed E-state index contributed by atoms with van der Waals surface area (Å²) in [5.74, 6) is 0.687. The van der Waals surface area contributed by atoms with Crippen molar-refractivity contribution in [1.82, 2.24) is 10.3 Å². The number of aromatic nitrogens is 1. The lowest BCUT2D eigenvalue weighted by Crippen LogP contribution is -2.25. The second kappa shape index (κ2) is 8.65. The highest BCUT2D eigenvalue weighted by atomic mass is 16.5. The average Bonchev–Trinajstić information content (AvgIpc) is 3.21. The fourth-order valence-electron chi connectivity index (χ4n) is 3.78. The van der Waals surface area contributed by atoms with Crippen molar-refractivity contribution >= 4 is 16.8 Å². The average molecular weight is 384 g/mol. The molecule has 0 saturated heterocycles. The Balaban J connectivity index is 1.64. The lowest BCUT2D eigenvalue weighted by atomic mass is 9.87. The van der Waals surface area contributed by atoms with Crippen LogP contribution in [0.5, 0.6) is 5.75 Å². The number of carbonyl (C=O) groups is 1. The maximum atomic E-state index is 12.9. The Morgan fingerprint density at radius 2 is 1.66 bits per heavy atom. The molecule has 0 aliphatic carbocycles. The van der Waals surface area contributed by atoms with Crippen LogP contribution in [0.4, 0.5) is 0 Å². The molecule has 1 atom stereocenters. The number of H-pyrrole nitrogens is 1. The van der Waals surface area contributed by atoms with Crippen molar-refractivity contribution in [2.45, 2.75) is 18.9 Å². The van der Waals surface area contributed by atoms with Gasteiger partial charge >= 0.3 is 0 Å². The quantitative estimate of drug-likeness (QED) is 0.470. The number of carbonyl (C=O) groups excluding carboxylic acids is 1. The highest BCUT2D eigenvalue weighted by Gasteiger charge is 2.24. The number of benzene rings is 3. The number of rotatable bonds is 7. The van der Waals surface area contributed by atoms with Crippen molar-refractivity contribution in [1.29, 1.82) is 0 Å². The van der Waals surface area contributed by atoms with Gasteiger partial charge in [-0.05, 0) is 23.3 Å². The van der Waals surface area contributed by atoms with E-state index in [0.29, 0.717) is 13.0 Å². The smallest absolute Gasteiger partial charge is 0.221 e. The van der Waals surface area contributed by atoms with E-state index in [0.717, 1.165) is 33.3 Å². The standard InChI is InChI=1S/C25H24N2O2/c1-29-24-14-8-6-12-20(24)21(22-17-26-23-13-7-5-11-19(22)23)15-25(28)27-16-18-9-3-2-4-10-18/h2-14,17,21,26H,15-16H2,1H3,(H,27,28)/t21-/m1/s1. The van der Waals surface area contributed by atoms with Gasteiger partial charge in [-0.3, -0.25) is 4.79 Å². The van der Waals surface area contributed by atoms with Crippen molar-refractivity contribution in [3.8, 4) is 5.75 Å². The summed E-state index contributed by atoms with van der Waals surface area (Å²) in [5, 5.41) is 4.18. The number of hydrogen-bond acceptors (Lipinski definition) is 2. The molecule has 29 heavy (non-hydrogen) atoms. The molecular formula is C25H24N2O2. The van der Waals surface area contributed by atoms with E-state index in [9.17, 15) is 4.79 Å². The number of methoxy groups -OCH3 is 1. The first-order valence-electron chi connectivity index (χ1n) is 9.76. The zero-order chi connectivity index (χ0) is 20.1. The van der Waals surface area contributed by atoms with E-state index in [1.54, 1.807) is 7.11 Å². The molecule has 0 spiro atoms. The summed E-state index contributed by atoms with van der Waals surface area (Å²) < 4.78 is 5.61. The van der Waals surface area contributed by atoms with E-state index in [1.807, 2.05) is 79.0 Å². The SMILES string of the molecule is COc1ccccc1[C@@H](CC(=O)NCc1ccccc1)c1c[nH]c2ccccc12.